The summed E-state index contributed by atoms with van der Waals surface area (Å²) in [6, 6.07) is 1.72. The van der Waals surface area contributed by atoms with Crippen molar-refractivity contribution in [2.75, 3.05) is 7.11 Å². The molecule has 0 aromatic carbocycles. The van der Waals surface area contributed by atoms with Crippen LogP contribution in [0.25, 0.3) is 5.65 Å². The van der Waals surface area contributed by atoms with Crippen LogP contribution in [0.5, 0.6) is 0 Å². The maximum Gasteiger partial charge on any atom is 0.175 e. The fourth-order valence-corrected chi connectivity index (χ4v) is 1.68. The Balaban J connectivity index is 0.000000531. The number of rotatable bonds is 1. The first-order valence-corrected chi connectivity index (χ1v) is 4.92. The summed E-state index contributed by atoms with van der Waals surface area (Å²) in [6.07, 6.45) is 2.51. The lowest BCUT2D eigenvalue weighted by atomic mass is 10.3. The number of halogens is 1. The molecule has 1 N–H and O–H groups in total. The first kappa shape index (κ1) is 11.8. The van der Waals surface area contributed by atoms with Crippen molar-refractivity contribution in [1.82, 2.24) is 14.6 Å². The molecule has 80 valence electrons. The molecule has 0 spiro atoms. The second-order valence-corrected chi connectivity index (χ2v) is 3.53. The van der Waals surface area contributed by atoms with Gasteiger partial charge in [0.15, 0.2) is 11.9 Å². The first-order valence-electron chi connectivity index (χ1n) is 4.13. The van der Waals surface area contributed by atoms with E-state index in [0.717, 1.165) is 29.3 Å². The number of aldehydes is 1. The second-order valence-electron chi connectivity index (χ2n) is 2.68. The molecule has 0 fully saturated rings. The van der Waals surface area contributed by atoms with Crippen LogP contribution in [-0.2, 0) is 0 Å². The van der Waals surface area contributed by atoms with Gasteiger partial charge < -0.3 is 5.11 Å². The zero-order chi connectivity index (χ0) is 11.4. The van der Waals surface area contributed by atoms with Crippen LogP contribution in [0, 0.1) is 6.92 Å². The number of aliphatic hydroxyl groups excluding tert-OH is 1. The van der Waals surface area contributed by atoms with Crippen molar-refractivity contribution < 1.29 is 9.90 Å². The van der Waals surface area contributed by atoms with Crippen LogP contribution in [0.15, 0.2) is 16.7 Å². The minimum absolute atomic E-state index is 0.599. The van der Waals surface area contributed by atoms with E-state index in [-0.39, 0.29) is 0 Å². The maximum absolute atomic E-state index is 10.6. The molecular weight excluding hydrogens is 262 g/mol. The van der Waals surface area contributed by atoms with Gasteiger partial charge in [-0.15, -0.1) is 10.2 Å². The van der Waals surface area contributed by atoms with Crippen LogP contribution in [-0.4, -0.2) is 33.1 Å². The lowest BCUT2D eigenvalue weighted by Gasteiger charge is -1.97. The van der Waals surface area contributed by atoms with E-state index in [1.807, 2.05) is 6.92 Å². The lowest BCUT2D eigenvalue weighted by Crippen LogP contribution is -1.92. The minimum Gasteiger partial charge on any atom is -0.400 e. The van der Waals surface area contributed by atoms with Crippen LogP contribution in [0.1, 0.15) is 16.2 Å². The number of fused-ring (bicyclic) bond motifs is 1. The number of aliphatic hydroxyl groups is 1. The third-order valence-corrected chi connectivity index (χ3v) is 2.37. The Morgan fingerprint density at radius 2 is 2.13 bits per heavy atom. The molecule has 0 saturated heterocycles. The zero-order valence-electron chi connectivity index (χ0n) is 8.31. The molecule has 0 aliphatic heterocycles. The fraction of sp³-hybridized carbons (Fsp3) is 0.222. The minimum atomic E-state index is 0.599. The molecule has 0 atom stereocenters. The average Bonchev–Trinajstić information content (AvgIpc) is 2.64. The van der Waals surface area contributed by atoms with Crippen molar-refractivity contribution in [2.45, 2.75) is 6.92 Å². The second kappa shape index (κ2) is 4.99. The van der Waals surface area contributed by atoms with Gasteiger partial charge in [-0.3, -0.25) is 9.20 Å². The molecule has 15 heavy (non-hydrogen) atoms. The molecule has 0 aliphatic carbocycles. The number of hydrogen-bond donors (Lipinski definition) is 1. The molecule has 0 unspecified atom stereocenters. The Morgan fingerprint density at radius 3 is 2.73 bits per heavy atom. The molecule has 0 bridgehead atoms. The molecule has 0 radical (unpaired) electrons. The lowest BCUT2D eigenvalue weighted by molar-refractivity contribution is 0.112. The van der Waals surface area contributed by atoms with Gasteiger partial charge in [-0.25, -0.2) is 0 Å². The van der Waals surface area contributed by atoms with Gasteiger partial charge in [0.05, 0.1) is 4.47 Å². The molecular formula is C9H10BrN3O2. The summed E-state index contributed by atoms with van der Waals surface area (Å²) in [5, 5.41) is 14.8. The van der Waals surface area contributed by atoms with E-state index in [1.165, 1.54) is 0 Å². The van der Waals surface area contributed by atoms with Crippen molar-refractivity contribution in [3.8, 4) is 0 Å². The normalized spacial score (nSPS) is 9.60. The highest BCUT2D eigenvalue weighted by Gasteiger charge is 2.05. The number of hydrogen-bond acceptors (Lipinski definition) is 4. The van der Waals surface area contributed by atoms with Crippen LogP contribution in [0.2, 0.25) is 0 Å². The fourth-order valence-electron chi connectivity index (χ4n) is 1.15. The van der Waals surface area contributed by atoms with E-state index in [4.69, 9.17) is 5.11 Å². The zero-order valence-corrected chi connectivity index (χ0v) is 9.89. The van der Waals surface area contributed by atoms with Gasteiger partial charge in [0.1, 0.15) is 5.82 Å². The molecule has 2 heterocycles. The van der Waals surface area contributed by atoms with Crippen LogP contribution in [0.3, 0.4) is 0 Å². The standard InChI is InChI=1S/C8H6BrN3O.CH4O/c1-5-10-11-8-7(9)2-6(4-13)3-12(5)8;1-2/h2-4H,1H3;2H,1H3. The number of carbonyl (C=O) groups is 1. The molecule has 0 aliphatic rings. The van der Waals surface area contributed by atoms with Gasteiger partial charge >= 0.3 is 0 Å². The highest BCUT2D eigenvalue weighted by atomic mass is 79.9. The van der Waals surface area contributed by atoms with Crippen molar-refractivity contribution >= 4 is 27.9 Å². The van der Waals surface area contributed by atoms with Gasteiger partial charge in [-0.2, -0.15) is 0 Å². The Kier molecular flexibility index (Phi) is 3.93. The SMILES string of the molecule is CO.Cc1nnc2c(Br)cc(C=O)cn12. The number of aryl methyl sites for hydroxylation is 1. The van der Waals surface area contributed by atoms with E-state index < -0.39 is 0 Å². The quantitative estimate of drug-likeness (QED) is 0.792. The highest BCUT2D eigenvalue weighted by Crippen LogP contribution is 2.17. The molecule has 6 heteroatoms. The van der Waals surface area contributed by atoms with E-state index in [1.54, 1.807) is 16.7 Å². The number of carbonyl (C=O) groups excluding carboxylic acids is 1. The third kappa shape index (κ3) is 2.21. The molecule has 2 aromatic heterocycles. The van der Waals surface area contributed by atoms with Gasteiger partial charge in [0, 0.05) is 18.9 Å². The predicted octanol–water partition coefficient (Wildman–Crippen LogP) is 1.22. The topological polar surface area (TPSA) is 67.5 Å². The van der Waals surface area contributed by atoms with Crippen molar-refractivity contribution in [3.63, 3.8) is 0 Å². The monoisotopic (exact) mass is 271 g/mol. The van der Waals surface area contributed by atoms with Gasteiger partial charge in [-0.05, 0) is 28.9 Å². The molecule has 2 aromatic rings. The van der Waals surface area contributed by atoms with Crippen LogP contribution >= 0.6 is 15.9 Å². The van der Waals surface area contributed by atoms with Crippen LogP contribution in [0.4, 0.5) is 0 Å². The first-order chi connectivity index (χ1) is 7.22. The average molecular weight is 272 g/mol. The van der Waals surface area contributed by atoms with Crippen molar-refractivity contribution in [1.29, 1.82) is 0 Å². The summed E-state index contributed by atoms with van der Waals surface area (Å²) in [6.45, 7) is 1.83. The Hall–Kier alpha value is -1.27. The van der Waals surface area contributed by atoms with Gasteiger partial charge in [0.2, 0.25) is 0 Å². The Labute approximate surface area is 94.9 Å². The summed E-state index contributed by atoms with van der Waals surface area (Å²) in [5.74, 6) is 0.763. The smallest absolute Gasteiger partial charge is 0.175 e. The number of nitrogens with zero attached hydrogens (tertiary/aromatic N) is 3. The van der Waals surface area contributed by atoms with Crippen molar-refractivity contribution in [3.05, 3.63) is 28.1 Å². The number of aromatic nitrogens is 3. The van der Waals surface area contributed by atoms with E-state index in [2.05, 4.69) is 26.1 Å². The van der Waals surface area contributed by atoms with Crippen molar-refractivity contribution in [2.24, 2.45) is 0 Å². The summed E-state index contributed by atoms with van der Waals surface area (Å²) >= 11 is 3.32. The Bertz CT molecular complexity index is 481. The highest BCUT2D eigenvalue weighted by molar-refractivity contribution is 9.10. The largest absolute Gasteiger partial charge is 0.400 e. The number of pyridine rings is 1. The summed E-state index contributed by atoms with van der Waals surface area (Å²) < 4.78 is 2.55. The van der Waals surface area contributed by atoms with E-state index in [0.29, 0.717) is 5.56 Å². The van der Waals surface area contributed by atoms with E-state index in [9.17, 15) is 4.79 Å². The third-order valence-electron chi connectivity index (χ3n) is 1.79. The van der Waals surface area contributed by atoms with Gasteiger partial charge in [0.25, 0.3) is 0 Å². The van der Waals surface area contributed by atoms with E-state index >= 15 is 0 Å². The molecule has 0 saturated carbocycles. The predicted molar refractivity (Wildman–Crippen MR) is 59.0 cm³/mol. The molecule has 2 rings (SSSR count). The summed E-state index contributed by atoms with van der Waals surface area (Å²) in [5.41, 5.74) is 1.32. The summed E-state index contributed by atoms with van der Waals surface area (Å²) in [4.78, 5) is 10.6. The van der Waals surface area contributed by atoms with Gasteiger partial charge in [-0.1, -0.05) is 0 Å². The molecule has 0 amide bonds. The maximum atomic E-state index is 10.6. The molecule has 5 nitrogen and oxygen atoms in total. The Morgan fingerprint density at radius 1 is 1.47 bits per heavy atom. The van der Waals surface area contributed by atoms with Crippen LogP contribution < -0.4 is 0 Å². The summed E-state index contributed by atoms with van der Waals surface area (Å²) in [7, 11) is 1.00.